The number of carbonyl (C=O) groups excluding carboxylic acids is 1. The Labute approximate surface area is 134 Å². The molecule has 6 heteroatoms. The number of aliphatic hydroxyl groups excluding tert-OH is 2. The molecule has 1 aliphatic heterocycles. The van der Waals surface area contributed by atoms with Crippen LogP contribution in [-0.2, 0) is 9.59 Å². The molecule has 0 bridgehead atoms. The zero-order valence-corrected chi connectivity index (χ0v) is 12.7. The Morgan fingerprint density at radius 1 is 1.22 bits per heavy atom. The summed E-state index contributed by atoms with van der Waals surface area (Å²) < 4.78 is 0. The Morgan fingerprint density at radius 2 is 1.78 bits per heavy atom. The first kappa shape index (κ1) is 16.9. The van der Waals surface area contributed by atoms with Gasteiger partial charge < -0.3 is 25.0 Å². The van der Waals surface area contributed by atoms with Crippen LogP contribution in [0.15, 0.2) is 48.8 Å². The normalized spacial score (nSPS) is 19.0. The largest absolute Gasteiger partial charge is 0.479 e. The van der Waals surface area contributed by atoms with Gasteiger partial charge in [-0.1, -0.05) is 42.0 Å². The fraction of sp³-hybridized carbons (Fsp3) is 0.294. The van der Waals surface area contributed by atoms with Gasteiger partial charge in [0, 0.05) is 12.4 Å². The molecule has 122 valence electrons. The molecular weight excluding hydrogens is 298 g/mol. The van der Waals surface area contributed by atoms with Gasteiger partial charge in [0.1, 0.15) is 12.2 Å². The number of hydrogen-bond acceptors (Lipinski definition) is 5. The van der Waals surface area contributed by atoms with Gasteiger partial charge in [0.2, 0.25) is 5.54 Å². The van der Waals surface area contributed by atoms with Crippen LogP contribution < -0.4 is 0 Å². The predicted molar refractivity (Wildman–Crippen MR) is 83.3 cm³/mol. The van der Waals surface area contributed by atoms with Crippen molar-refractivity contribution in [3.8, 4) is 0 Å². The summed E-state index contributed by atoms with van der Waals surface area (Å²) in [6, 6.07) is 6.60. The van der Waals surface area contributed by atoms with Crippen LogP contribution in [-0.4, -0.2) is 44.1 Å². The first-order valence-electron chi connectivity index (χ1n) is 7.17. The molecule has 0 saturated heterocycles. The molecule has 0 aromatic heterocycles. The zero-order chi connectivity index (χ0) is 17.0. The lowest BCUT2D eigenvalue weighted by Gasteiger charge is -2.43. The van der Waals surface area contributed by atoms with Gasteiger partial charge in [0.05, 0.1) is 0 Å². The summed E-state index contributed by atoms with van der Waals surface area (Å²) in [6.45, 7) is 1.86. The molecule has 0 radical (unpaired) electrons. The molecule has 2 rings (SSSR count). The number of aldehydes is 1. The lowest BCUT2D eigenvalue weighted by atomic mass is 9.81. The molecule has 6 nitrogen and oxygen atoms in total. The van der Waals surface area contributed by atoms with Crippen molar-refractivity contribution in [2.75, 3.05) is 0 Å². The Morgan fingerprint density at radius 3 is 2.26 bits per heavy atom. The molecule has 1 aromatic carbocycles. The standard InChI is InChI=1S/C17H19NO5/c1-12-5-7-13(8-6-12)15(21)17(16(22)23,14(20)11-19)18-9-3-2-4-10-18/h3-11,14-15,20-21H,2H2,1H3,(H,22,23). The maximum absolute atomic E-state index is 12.0. The van der Waals surface area contributed by atoms with Crippen molar-refractivity contribution < 1.29 is 24.9 Å². The molecule has 23 heavy (non-hydrogen) atoms. The molecule has 0 aliphatic carbocycles. The van der Waals surface area contributed by atoms with Gasteiger partial charge in [-0.25, -0.2) is 4.79 Å². The second kappa shape index (κ2) is 6.76. The average molecular weight is 317 g/mol. The maximum Gasteiger partial charge on any atom is 0.336 e. The fourth-order valence-electron chi connectivity index (χ4n) is 2.64. The highest BCUT2D eigenvalue weighted by Crippen LogP contribution is 2.36. The topological polar surface area (TPSA) is 98.1 Å². The van der Waals surface area contributed by atoms with E-state index in [-0.39, 0.29) is 6.29 Å². The summed E-state index contributed by atoms with van der Waals surface area (Å²) in [4.78, 5) is 24.4. The van der Waals surface area contributed by atoms with E-state index in [0.717, 1.165) is 5.56 Å². The van der Waals surface area contributed by atoms with E-state index in [9.17, 15) is 24.9 Å². The molecule has 0 fully saturated rings. The monoisotopic (exact) mass is 317 g/mol. The number of aliphatic carboxylic acids is 1. The van der Waals surface area contributed by atoms with Crippen LogP contribution in [0.25, 0.3) is 0 Å². The van der Waals surface area contributed by atoms with Crippen LogP contribution in [0.5, 0.6) is 0 Å². The van der Waals surface area contributed by atoms with Crippen LogP contribution >= 0.6 is 0 Å². The minimum atomic E-state index is -2.25. The Kier molecular flexibility index (Phi) is 4.98. The summed E-state index contributed by atoms with van der Waals surface area (Å²) in [5.74, 6) is -1.50. The minimum Gasteiger partial charge on any atom is -0.479 e. The molecule has 1 heterocycles. The van der Waals surface area contributed by atoms with Crippen LogP contribution in [0, 0.1) is 6.92 Å². The summed E-state index contributed by atoms with van der Waals surface area (Å²) >= 11 is 0. The Hall–Kier alpha value is -2.44. The summed E-state index contributed by atoms with van der Waals surface area (Å²) in [5, 5.41) is 30.7. The first-order valence-corrected chi connectivity index (χ1v) is 7.17. The van der Waals surface area contributed by atoms with Crippen molar-refractivity contribution in [1.29, 1.82) is 0 Å². The maximum atomic E-state index is 12.0. The van der Waals surface area contributed by atoms with Gasteiger partial charge in [-0.05, 0) is 18.9 Å². The molecule has 3 unspecified atom stereocenters. The number of aliphatic hydroxyl groups is 2. The highest BCUT2D eigenvalue weighted by molar-refractivity contribution is 5.86. The third-order valence-corrected chi connectivity index (χ3v) is 3.96. The number of carboxylic acid groups (broad SMARTS) is 1. The van der Waals surface area contributed by atoms with E-state index in [2.05, 4.69) is 0 Å². The Balaban J connectivity index is 2.59. The third-order valence-electron chi connectivity index (χ3n) is 3.96. The number of benzene rings is 1. The summed E-state index contributed by atoms with van der Waals surface area (Å²) in [6.07, 6.45) is 3.42. The number of aryl methyl sites for hydroxylation is 1. The lowest BCUT2D eigenvalue weighted by molar-refractivity contribution is -0.169. The quantitative estimate of drug-likeness (QED) is 0.681. The average Bonchev–Trinajstić information content (AvgIpc) is 2.56. The van der Waals surface area contributed by atoms with E-state index in [1.54, 1.807) is 36.4 Å². The molecule has 1 aliphatic rings. The highest BCUT2D eigenvalue weighted by Gasteiger charge is 2.55. The summed E-state index contributed by atoms with van der Waals surface area (Å²) in [7, 11) is 0. The molecule has 0 saturated carbocycles. The van der Waals surface area contributed by atoms with Crippen molar-refractivity contribution in [3.63, 3.8) is 0 Å². The molecular formula is C17H19NO5. The number of rotatable bonds is 6. The van der Waals surface area contributed by atoms with E-state index < -0.39 is 23.7 Å². The van der Waals surface area contributed by atoms with Gasteiger partial charge in [0.25, 0.3) is 0 Å². The first-order chi connectivity index (χ1) is 10.9. The second-order valence-electron chi connectivity index (χ2n) is 5.44. The van der Waals surface area contributed by atoms with Gasteiger partial charge in [-0.3, -0.25) is 0 Å². The molecule has 3 N–H and O–H groups in total. The van der Waals surface area contributed by atoms with Crippen molar-refractivity contribution in [1.82, 2.24) is 4.90 Å². The second-order valence-corrected chi connectivity index (χ2v) is 5.44. The van der Waals surface area contributed by atoms with E-state index in [4.69, 9.17) is 0 Å². The molecule has 1 aromatic rings. The molecule has 3 atom stereocenters. The minimum absolute atomic E-state index is 0.127. The third kappa shape index (κ3) is 2.91. The van der Waals surface area contributed by atoms with E-state index in [1.807, 2.05) is 6.92 Å². The van der Waals surface area contributed by atoms with E-state index >= 15 is 0 Å². The number of carboxylic acids is 1. The molecule has 0 amide bonds. The smallest absolute Gasteiger partial charge is 0.336 e. The highest BCUT2D eigenvalue weighted by atomic mass is 16.4. The van der Waals surface area contributed by atoms with Crippen LogP contribution in [0.2, 0.25) is 0 Å². The predicted octanol–water partition coefficient (Wildman–Crippen LogP) is 1.14. The molecule has 0 spiro atoms. The zero-order valence-electron chi connectivity index (χ0n) is 12.7. The fourth-order valence-corrected chi connectivity index (χ4v) is 2.64. The number of allylic oxidation sites excluding steroid dienone is 2. The van der Waals surface area contributed by atoms with Gasteiger partial charge in [-0.15, -0.1) is 0 Å². The van der Waals surface area contributed by atoms with E-state index in [1.165, 1.54) is 17.3 Å². The van der Waals surface area contributed by atoms with Crippen molar-refractivity contribution >= 4 is 12.3 Å². The SMILES string of the molecule is Cc1ccc(C(O)C(C(=O)O)(C(O)C=O)N2C=CCC=C2)cc1. The summed E-state index contributed by atoms with van der Waals surface area (Å²) in [5.41, 5.74) is -1.01. The Bertz CT molecular complexity index is 625. The number of carbonyl (C=O) groups is 2. The van der Waals surface area contributed by atoms with Crippen LogP contribution in [0.4, 0.5) is 0 Å². The van der Waals surface area contributed by atoms with Gasteiger partial charge in [-0.2, -0.15) is 0 Å². The van der Waals surface area contributed by atoms with Crippen LogP contribution in [0.3, 0.4) is 0 Å². The number of nitrogens with zero attached hydrogens (tertiary/aromatic N) is 1. The van der Waals surface area contributed by atoms with Gasteiger partial charge in [0.15, 0.2) is 6.29 Å². The van der Waals surface area contributed by atoms with Crippen molar-refractivity contribution in [3.05, 3.63) is 59.9 Å². The van der Waals surface area contributed by atoms with Crippen LogP contribution in [0.1, 0.15) is 23.7 Å². The van der Waals surface area contributed by atoms with E-state index in [0.29, 0.717) is 12.0 Å². The van der Waals surface area contributed by atoms with Gasteiger partial charge >= 0.3 is 5.97 Å². The van der Waals surface area contributed by atoms with Crippen molar-refractivity contribution in [2.24, 2.45) is 0 Å². The number of hydrogen-bond donors (Lipinski definition) is 3. The van der Waals surface area contributed by atoms with Crippen molar-refractivity contribution in [2.45, 2.75) is 31.1 Å². The lowest BCUT2D eigenvalue weighted by Crippen LogP contribution is -2.63.